The van der Waals surface area contributed by atoms with Gasteiger partial charge in [-0.25, -0.2) is 9.50 Å². The summed E-state index contributed by atoms with van der Waals surface area (Å²) in [5, 5.41) is 14.8. The number of benzene rings is 1. The van der Waals surface area contributed by atoms with Gasteiger partial charge in [0.2, 0.25) is 0 Å². The summed E-state index contributed by atoms with van der Waals surface area (Å²) in [4.78, 5) is 16.6. The minimum absolute atomic E-state index is 0.281. The topological polar surface area (TPSA) is 88.0 Å². The number of aromatic amines is 1. The predicted molar refractivity (Wildman–Crippen MR) is 82.0 cm³/mol. The molecular formula is C14H9ClN6O. The third-order valence-corrected chi connectivity index (χ3v) is 3.75. The van der Waals surface area contributed by atoms with E-state index in [-0.39, 0.29) is 11.6 Å². The normalized spacial score (nSPS) is 11.1. The molecular weight excluding hydrogens is 304 g/mol. The average Bonchev–Trinajstić information content (AvgIpc) is 3.18. The van der Waals surface area contributed by atoms with E-state index in [1.54, 1.807) is 41.3 Å². The number of H-pyrrole nitrogens is 1. The van der Waals surface area contributed by atoms with E-state index >= 15 is 0 Å². The van der Waals surface area contributed by atoms with Crippen molar-refractivity contribution in [1.29, 1.82) is 0 Å². The van der Waals surface area contributed by atoms with E-state index in [2.05, 4.69) is 25.6 Å². The van der Waals surface area contributed by atoms with Crippen molar-refractivity contribution in [3.8, 4) is 0 Å². The molecule has 22 heavy (non-hydrogen) atoms. The number of hydrogen-bond acceptors (Lipinski definition) is 4. The molecule has 1 amide bonds. The molecule has 4 aromatic rings. The van der Waals surface area contributed by atoms with E-state index in [0.717, 1.165) is 10.9 Å². The summed E-state index contributed by atoms with van der Waals surface area (Å²) >= 11 is 6.30. The van der Waals surface area contributed by atoms with Gasteiger partial charge in [-0.15, -0.1) is 0 Å². The number of carbonyl (C=O) groups is 1. The lowest BCUT2D eigenvalue weighted by Crippen LogP contribution is -2.15. The lowest BCUT2D eigenvalue weighted by atomic mass is 10.2. The van der Waals surface area contributed by atoms with Gasteiger partial charge in [0.15, 0.2) is 5.69 Å². The van der Waals surface area contributed by atoms with Crippen LogP contribution in [0.15, 0.2) is 43.0 Å². The fourth-order valence-electron chi connectivity index (χ4n) is 2.29. The number of hydrogen-bond donors (Lipinski definition) is 2. The summed E-state index contributed by atoms with van der Waals surface area (Å²) in [6.07, 6.45) is 6.42. The number of amides is 1. The van der Waals surface area contributed by atoms with Crippen molar-refractivity contribution in [2.45, 2.75) is 0 Å². The van der Waals surface area contributed by atoms with Crippen LogP contribution in [0.1, 0.15) is 10.5 Å². The number of halogens is 1. The van der Waals surface area contributed by atoms with Crippen molar-refractivity contribution in [1.82, 2.24) is 24.8 Å². The Balaban J connectivity index is 1.74. The van der Waals surface area contributed by atoms with Crippen LogP contribution < -0.4 is 5.32 Å². The molecule has 7 nitrogen and oxygen atoms in total. The largest absolute Gasteiger partial charge is 0.319 e. The van der Waals surface area contributed by atoms with Gasteiger partial charge < -0.3 is 5.32 Å². The summed E-state index contributed by atoms with van der Waals surface area (Å²) in [6, 6.07) is 5.25. The second-order valence-corrected chi connectivity index (χ2v) is 5.03. The molecule has 0 saturated heterocycles. The Bertz CT molecular complexity index is 1000. The van der Waals surface area contributed by atoms with Crippen LogP contribution in [0.5, 0.6) is 0 Å². The van der Waals surface area contributed by atoms with Crippen LogP contribution in [-0.4, -0.2) is 30.7 Å². The maximum atomic E-state index is 12.5. The molecule has 108 valence electrons. The van der Waals surface area contributed by atoms with Crippen LogP contribution in [0.4, 0.5) is 5.69 Å². The molecule has 2 N–H and O–H groups in total. The maximum Gasteiger partial charge on any atom is 0.276 e. The van der Waals surface area contributed by atoms with Crippen molar-refractivity contribution in [2.75, 3.05) is 5.32 Å². The van der Waals surface area contributed by atoms with E-state index < -0.39 is 0 Å². The zero-order valence-corrected chi connectivity index (χ0v) is 11.9. The lowest BCUT2D eigenvalue weighted by molar-refractivity contribution is 0.102. The molecule has 4 rings (SSSR count). The van der Waals surface area contributed by atoms with Crippen LogP contribution in [0.25, 0.3) is 16.4 Å². The van der Waals surface area contributed by atoms with Gasteiger partial charge in [-0.2, -0.15) is 10.2 Å². The molecule has 0 unspecified atom stereocenters. The predicted octanol–water partition coefficient (Wildman–Crippen LogP) is 2.51. The first kappa shape index (κ1) is 12.8. The molecule has 0 spiro atoms. The first-order chi connectivity index (χ1) is 10.7. The van der Waals surface area contributed by atoms with Crippen LogP contribution in [0, 0.1) is 0 Å². The molecule has 3 heterocycles. The highest BCUT2D eigenvalue weighted by molar-refractivity contribution is 6.38. The summed E-state index contributed by atoms with van der Waals surface area (Å²) in [7, 11) is 0. The van der Waals surface area contributed by atoms with Gasteiger partial charge in [0, 0.05) is 17.8 Å². The molecule has 0 bridgehead atoms. The molecule has 0 atom stereocenters. The molecule has 8 heteroatoms. The van der Waals surface area contributed by atoms with Crippen molar-refractivity contribution in [3.05, 3.63) is 53.7 Å². The van der Waals surface area contributed by atoms with Crippen LogP contribution in [0.3, 0.4) is 0 Å². The summed E-state index contributed by atoms with van der Waals surface area (Å²) in [5.41, 5.74) is 2.21. The second kappa shape index (κ2) is 4.81. The number of nitrogens with one attached hydrogen (secondary N) is 2. The molecule has 0 radical (unpaired) electrons. The van der Waals surface area contributed by atoms with Gasteiger partial charge in [-0.1, -0.05) is 11.6 Å². The number of aromatic nitrogens is 5. The van der Waals surface area contributed by atoms with Crippen molar-refractivity contribution >= 4 is 39.6 Å². The molecule has 0 aliphatic heterocycles. The van der Waals surface area contributed by atoms with Gasteiger partial charge in [-0.05, 0) is 18.2 Å². The first-order valence-corrected chi connectivity index (χ1v) is 6.83. The SMILES string of the molecule is O=C(Nc1ccc2[nH]ncc2c1Cl)c1nccn2nccc12. The smallest absolute Gasteiger partial charge is 0.276 e. The summed E-state index contributed by atoms with van der Waals surface area (Å²) in [6.45, 7) is 0. The third kappa shape index (κ3) is 1.91. The maximum absolute atomic E-state index is 12.5. The minimum Gasteiger partial charge on any atom is -0.319 e. The van der Waals surface area contributed by atoms with Crippen LogP contribution in [-0.2, 0) is 0 Å². The Labute approximate surface area is 128 Å². The van der Waals surface area contributed by atoms with Gasteiger partial charge in [0.25, 0.3) is 5.91 Å². The highest BCUT2D eigenvalue weighted by Gasteiger charge is 2.15. The summed E-state index contributed by atoms with van der Waals surface area (Å²) in [5.74, 6) is -0.351. The number of rotatable bonds is 2. The Morgan fingerprint density at radius 1 is 1.27 bits per heavy atom. The lowest BCUT2D eigenvalue weighted by Gasteiger charge is -2.08. The quantitative estimate of drug-likeness (QED) is 0.595. The van der Waals surface area contributed by atoms with Gasteiger partial charge in [-0.3, -0.25) is 9.89 Å². The first-order valence-electron chi connectivity index (χ1n) is 6.45. The zero-order chi connectivity index (χ0) is 15.1. The van der Waals surface area contributed by atoms with Gasteiger partial charge in [0.1, 0.15) is 0 Å². The highest BCUT2D eigenvalue weighted by atomic mass is 35.5. The monoisotopic (exact) mass is 312 g/mol. The van der Waals surface area contributed by atoms with E-state index in [1.165, 1.54) is 6.20 Å². The standard InChI is InChI=1S/C14H9ClN6O/c15-12-8-7-17-20-9(8)1-2-10(12)19-14(22)13-11-3-4-18-21(11)6-5-16-13/h1-7H,(H,17,20)(H,19,22). The number of anilines is 1. The van der Waals surface area contributed by atoms with Crippen LogP contribution >= 0.6 is 11.6 Å². The Morgan fingerprint density at radius 3 is 3.09 bits per heavy atom. The Hall–Kier alpha value is -2.93. The average molecular weight is 313 g/mol. The highest BCUT2D eigenvalue weighted by Crippen LogP contribution is 2.30. The number of nitrogens with zero attached hydrogens (tertiary/aromatic N) is 4. The molecule has 1 aromatic carbocycles. The molecule has 0 saturated carbocycles. The van der Waals surface area contributed by atoms with Crippen molar-refractivity contribution in [3.63, 3.8) is 0 Å². The van der Waals surface area contributed by atoms with Crippen molar-refractivity contribution in [2.24, 2.45) is 0 Å². The van der Waals surface area contributed by atoms with E-state index in [9.17, 15) is 4.79 Å². The Morgan fingerprint density at radius 2 is 2.18 bits per heavy atom. The molecule has 3 aromatic heterocycles. The number of fused-ring (bicyclic) bond motifs is 2. The molecule has 0 aliphatic carbocycles. The third-order valence-electron chi connectivity index (χ3n) is 3.35. The number of carbonyl (C=O) groups excluding carboxylic acids is 1. The van der Waals surface area contributed by atoms with E-state index in [4.69, 9.17) is 11.6 Å². The van der Waals surface area contributed by atoms with Crippen molar-refractivity contribution < 1.29 is 4.79 Å². The van der Waals surface area contributed by atoms with Crippen LogP contribution in [0.2, 0.25) is 5.02 Å². The molecule has 0 fully saturated rings. The van der Waals surface area contributed by atoms with Gasteiger partial charge in [0.05, 0.1) is 34.1 Å². The second-order valence-electron chi connectivity index (χ2n) is 4.65. The minimum atomic E-state index is -0.351. The van der Waals surface area contributed by atoms with E-state index in [1.807, 2.05) is 0 Å². The van der Waals surface area contributed by atoms with E-state index in [0.29, 0.717) is 16.2 Å². The Kier molecular flexibility index (Phi) is 2.80. The summed E-state index contributed by atoms with van der Waals surface area (Å²) < 4.78 is 1.59. The molecule has 0 aliphatic rings. The zero-order valence-electron chi connectivity index (χ0n) is 11.1. The fraction of sp³-hybridized carbons (Fsp3) is 0. The fourth-order valence-corrected chi connectivity index (χ4v) is 2.55. The van der Waals surface area contributed by atoms with Gasteiger partial charge >= 0.3 is 0 Å².